The number of H-pyrrole nitrogens is 1. The molecular weight excluding hydrogens is 370 g/mol. The van der Waals surface area contributed by atoms with Crippen LogP contribution in [0.1, 0.15) is 25.8 Å². The number of allylic oxidation sites excluding steroid dienone is 2. The smallest absolute Gasteiger partial charge is 0.218 e. The molecule has 0 saturated carbocycles. The molecule has 0 aromatic carbocycles. The molecule has 0 bridgehead atoms. The minimum atomic E-state index is -0.944. The minimum absolute atomic E-state index is 0.0157. The third-order valence-electron chi connectivity index (χ3n) is 4.94. The van der Waals surface area contributed by atoms with Crippen LogP contribution in [0.4, 0.5) is 0 Å². The molecule has 1 unspecified atom stereocenters. The van der Waals surface area contributed by atoms with E-state index in [1.807, 2.05) is 42.7 Å². The molecule has 1 saturated heterocycles. The number of hydrogen-bond donors (Lipinski definition) is 3. The molecule has 29 heavy (non-hydrogen) atoms. The Hall–Kier alpha value is -2.68. The highest BCUT2D eigenvalue weighted by molar-refractivity contribution is 5.74. The molecule has 2 aromatic heterocycles. The summed E-state index contributed by atoms with van der Waals surface area (Å²) < 4.78 is 12.3. The van der Waals surface area contributed by atoms with E-state index in [4.69, 9.17) is 9.47 Å². The summed E-state index contributed by atoms with van der Waals surface area (Å²) in [7, 11) is 0. The molecule has 8 heteroatoms. The average molecular weight is 397 g/mol. The lowest BCUT2D eigenvalue weighted by Crippen LogP contribution is -2.59. The third-order valence-corrected chi connectivity index (χ3v) is 4.94. The van der Waals surface area contributed by atoms with Crippen molar-refractivity contribution in [3.05, 3.63) is 60.7 Å². The number of hydrogen-bond acceptors (Lipinski definition) is 7. The first-order chi connectivity index (χ1) is 13.9. The van der Waals surface area contributed by atoms with Gasteiger partial charge in [-0.15, -0.1) is 0 Å². The van der Waals surface area contributed by atoms with Crippen molar-refractivity contribution >= 4 is 5.57 Å². The number of likely N-dealkylation sites (tertiary alicyclic amines) is 1. The number of aromatic nitrogens is 3. The molecule has 3 N–H and O–H groups in total. The Morgan fingerprint density at radius 1 is 1.38 bits per heavy atom. The van der Waals surface area contributed by atoms with Crippen LogP contribution in [0.25, 0.3) is 5.57 Å². The Balaban J connectivity index is 1.49. The van der Waals surface area contributed by atoms with Gasteiger partial charge in [0.15, 0.2) is 0 Å². The Bertz CT molecular complexity index is 860. The SMILES string of the molecule is CC(C)(O)CO[C@@]1(N2CCC(Oc3ccccn3)C2)C=CC(c2cn[nH]c2)=CN1. The van der Waals surface area contributed by atoms with Gasteiger partial charge in [0.05, 0.1) is 18.4 Å². The van der Waals surface area contributed by atoms with Gasteiger partial charge >= 0.3 is 0 Å². The number of nitrogens with one attached hydrogen (secondary N) is 2. The van der Waals surface area contributed by atoms with Crippen LogP contribution in [0.3, 0.4) is 0 Å². The molecule has 2 atom stereocenters. The van der Waals surface area contributed by atoms with Crippen LogP contribution >= 0.6 is 0 Å². The van der Waals surface area contributed by atoms with E-state index in [1.165, 1.54) is 0 Å². The second kappa shape index (κ2) is 7.98. The Kier molecular flexibility index (Phi) is 5.40. The van der Waals surface area contributed by atoms with Crippen LogP contribution in [0.2, 0.25) is 0 Å². The van der Waals surface area contributed by atoms with Gasteiger partial charge in [0, 0.05) is 48.9 Å². The maximum atomic E-state index is 10.2. The average Bonchev–Trinajstić information content (AvgIpc) is 3.40. The van der Waals surface area contributed by atoms with Crippen molar-refractivity contribution in [1.82, 2.24) is 25.4 Å². The van der Waals surface area contributed by atoms with Crippen LogP contribution < -0.4 is 10.1 Å². The quantitative estimate of drug-likeness (QED) is 0.657. The fourth-order valence-corrected chi connectivity index (χ4v) is 3.45. The molecule has 0 radical (unpaired) electrons. The number of aliphatic hydroxyl groups is 1. The zero-order valence-electron chi connectivity index (χ0n) is 16.7. The van der Waals surface area contributed by atoms with Crippen molar-refractivity contribution in [2.24, 2.45) is 0 Å². The zero-order chi connectivity index (χ0) is 20.3. The summed E-state index contributed by atoms with van der Waals surface area (Å²) in [6, 6.07) is 5.65. The van der Waals surface area contributed by atoms with E-state index in [0.29, 0.717) is 12.4 Å². The molecule has 8 nitrogen and oxygen atoms in total. The van der Waals surface area contributed by atoms with E-state index in [-0.39, 0.29) is 12.7 Å². The van der Waals surface area contributed by atoms with Gasteiger partial charge in [-0.05, 0) is 32.4 Å². The molecule has 0 spiro atoms. The Morgan fingerprint density at radius 3 is 2.93 bits per heavy atom. The predicted molar refractivity (Wildman–Crippen MR) is 109 cm³/mol. The standard InChI is InChI=1S/C21H27N5O3/c1-20(2,27)15-28-21(8-6-16(11-23-21)17-12-24-25-13-17)26-10-7-18(14-26)29-19-5-3-4-9-22-19/h3-6,8-9,11-13,18,23,27H,7,10,14-15H2,1-2H3,(H,24,25)/t18?,21-/m0/s1. The van der Waals surface area contributed by atoms with E-state index in [9.17, 15) is 5.11 Å². The summed E-state index contributed by atoms with van der Waals surface area (Å²) >= 11 is 0. The lowest BCUT2D eigenvalue weighted by molar-refractivity contribution is -0.164. The highest BCUT2D eigenvalue weighted by Gasteiger charge is 2.42. The van der Waals surface area contributed by atoms with Gasteiger partial charge < -0.3 is 19.9 Å². The molecule has 2 aliphatic heterocycles. The highest BCUT2D eigenvalue weighted by Crippen LogP contribution is 2.30. The summed E-state index contributed by atoms with van der Waals surface area (Å²) in [6.07, 6.45) is 12.1. The molecule has 2 aromatic rings. The third kappa shape index (κ3) is 4.67. The van der Waals surface area contributed by atoms with Crippen molar-refractivity contribution in [2.45, 2.75) is 37.8 Å². The molecule has 154 valence electrons. The van der Waals surface area contributed by atoms with Crippen molar-refractivity contribution in [3.63, 3.8) is 0 Å². The van der Waals surface area contributed by atoms with Gasteiger partial charge in [-0.25, -0.2) is 4.98 Å². The molecule has 4 rings (SSSR count). The van der Waals surface area contributed by atoms with Crippen LogP contribution in [0.5, 0.6) is 5.88 Å². The second-order valence-corrected chi connectivity index (χ2v) is 8.00. The van der Waals surface area contributed by atoms with Crippen molar-refractivity contribution in [3.8, 4) is 5.88 Å². The fraction of sp³-hybridized carbons (Fsp3) is 0.429. The summed E-state index contributed by atoms with van der Waals surface area (Å²) in [5.74, 6) is -0.227. The van der Waals surface area contributed by atoms with Crippen LogP contribution in [-0.2, 0) is 4.74 Å². The lowest BCUT2D eigenvalue weighted by atomic mass is 10.1. The molecule has 1 fully saturated rings. The topological polar surface area (TPSA) is 95.5 Å². The van der Waals surface area contributed by atoms with Gasteiger partial charge in [-0.3, -0.25) is 10.00 Å². The maximum Gasteiger partial charge on any atom is 0.218 e. The van der Waals surface area contributed by atoms with Crippen molar-refractivity contribution < 1.29 is 14.6 Å². The minimum Gasteiger partial charge on any atom is -0.473 e. The van der Waals surface area contributed by atoms with Gasteiger partial charge in [0.2, 0.25) is 11.7 Å². The summed E-state index contributed by atoms with van der Waals surface area (Å²) in [5.41, 5.74) is 1.05. The zero-order valence-corrected chi connectivity index (χ0v) is 16.7. The van der Waals surface area contributed by atoms with Gasteiger partial charge in [0.1, 0.15) is 6.10 Å². The maximum absolute atomic E-state index is 10.2. The van der Waals surface area contributed by atoms with Crippen molar-refractivity contribution in [2.75, 3.05) is 19.7 Å². The summed E-state index contributed by atoms with van der Waals surface area (Å²) in [4.78, 5) is 6.44. The molecule has 0 amide bonds. The van der Waals surface area contributed by atoms with Crippen LogP contribution in [0.15, 0.2) is 55.1 Å². The van der Waals surface area contributed by atoms with E-state index in [0.717, 1.165) is 24.1 Å². The Morgan fingerprint density at radius 2 is 2.28 bits per heavy atom. The lowest BCUT2D eigenvalue weighted by Gasteiger charge is -2.42. The molecule has 2 aliphatic rings. The molecule has 0 aliphatic carbocycles. The van der Waals surface area contributed by atoms with E-state index >= 15 is 0 Å². The van der Waals surface area contributed by atoms with Gasteiger partial charge in [0.25, 0.3) is 0 Å². The fourth-order valence-electron chi connectivity index (χ4n) is 3.45. The first kappa shape index (κ1) is 19.6. The van der Waals surface area contributed by atoms with E-state index in [2.05, 4.69) is 25.4 Å². The summed E-state index contributed by atoms with van der Waals surface area (Å²) in [6.45, 7) is 5.11. The normalized spacial score (nSPS) is 24.9. The molecular formula is C21H27N5O3. The Labute approximate surface area is 170 Å². The van der Waals surface area contributed by atoms with Crippen LogP contribution in [-0.4, -0.2) is 62.4 Å². The van der Waals surface area contributed by atoms with Crippen molar-refractivity contribution in [1.29, 1.82) is 0 Å². The van der Waals surface area contributed by atoms with Gasteiger partial charge in [-0.2, -0.15) is 5.10 Å². The number of aromatic amines is 1. The number of rotatable bonds is 7. The first-order valence-corrected chi connectivity index (χ1v) is 9.79. The number of pyridine rings is 1. The highest BCUT2D eigenvalue weighted by atomic mass is 16.5. The molecule has 4 heterocycles. The first-order valence-electron chi connectivity index (χ1n) is 9.79. The number of dihydropyridines is 1. The van der Waals surface area contributed by atoms with Gasteiger partial charge in [-0.1, -0.05) is 12.1 Å². The van der Waals surface area contributed by atoms with Crippen LogP contribution in [0, 0.1) is 0 Å². The second-order valence-electron chi connectivity index (χ2n) is 8.00. The predicted octanol–water partition coefficient (Wildman–Crippen LogP) is 1.90. The summed E-state index contributed by atoms with van der Waals surface area (Å²) in [5, 5.41) is 20.4. The number of ether oxygens (including phenoxy) is 2. The van der Waals surface area contributed by atoms with E-state index < -0.39 is 11.4 Å². The van der Waals surface area contributed by atoms with E-state index in [1.54, 1.807) is 26.2 Å². The number of nitrogens with zero attached hydrogens (tertiary/aromatic N) is 3. The monoisotopic (exact) mass is 397 g/mol. The largest absolute Gasteiger partial charge is 0.473 e.